The molecule has 2 aromatic heterocycles. The number of nitrogens with zero attached hydrogens (tertiary/aromatic N) is 2. The van der Waals surface area contributed by atoms with Crippen LogP contribution in [-0.2, 0) is 16.0 Å². The van der Waals surface area contributed by atoms with Crippen LogP contribution in [0.1, 0.15) is 4.88 Å². The number of ether oxygens (including phenoxy) is 1. The first-order valence-electron chi connectivity index (χ1n) is 8.49. The average Bonchev–Trinajstić information content (AvgIpc) is 3.33. The molecule has 1 aliphatic rings. The monoisotopic (exact) mass is 385 g/mol. The van der Waals surface area contributed by atoms with E-state index >= 15 is 0 Å². The minimum atomic E-state index is -0.0160. The predicted octanol–water partition coefficient (Wildman–Crippen LogP) is 3.89. The number of rotatable bonds is 5. The van der Waals surface area contributed by atoms with E-state index in [9.17, 15) is 4.79 Å². The Morgan fingerprint density at radius 2 is 2.00 bits per heavy atom. The summed E-state index contributed by atoms with van der Waals surface area (Å²) in [6, 6.07) is 12.0. The lowest BCUT2D eigenvalue weighted by atomic mass is 10.1. The van der Waals surface area contributed by atoms with Crippen molar-refractivity contribution in [3.8, 4) is 11.3 Å². The third kappa shape index (κ3) is 3.95. The summed E-state index contributed by atoms with van der Waals surface area (Å²) in [7, 11) is 0. The van der Waals surface area contributed by atoms with Crippen LogP contribution in [0.2, 0.25) is 0 Å². The molecular weight excluding hydrogens is 366 g/mol. The molecule has 3 aromatic rings. The SMILES string of the molecule is O=C(Cc1sc(N2CCOCC2)nc1-c1ccccc1)Nc1ccsc1. The van der Waals surface area contributed by atoms with Crippen molar-refractivity contribution in [1.82, 2.24) is 4.98 Å². The Kier molecular flexibility index (Phi) is 5.29. The molecule has 1 amide bonds. The molecule has 1 aromatic carbocycles. The highest BCUT2D eigenvalue weighted by Gasteiger charge is 2.21. The van der Waals surface area contributed by atoms with Crippen molar-refractivity contribution in [2.75, 3.05) is 36.5 Å². The number of thiophene rings is 1. The normalized spacial score (nSPS) is 14.4. The van der Waals surface area contributed by atoms with Gasteiger partial charge < -0.3 is 15.0 Å². The zero-order valence-corrected chi connectivity index (χ0v) is 15.8. The molecule has 26 heavy (non-hydrogen) atoms. The summed E-state index contributed by atoms with van der Waals surface area (Å²) in [4.78, 5) is 20.6. The van der Waals surface area contributed by atoms with Crippen molar-refractivity contribution < 1.29 is 9.53 Å². The smallest absolute Gasteiger partial charge is 0.229 e. The highest BCUT2D eigenvalue weighted by Crippen LogP contribution is 2.34. The fraction of sp³-hybridized carbons (Fsp3) is 0.263. The second-order valence-electron chi connectivity index (χ2n) is 5.97. The van der Waals surface area contributed by atoms with E-state index in [0.717, 1.165) is 40.0 Å². The van der Waals surface area contributed by atoms with Crippen LogP contribution in [0, 0.1) is 0 Å². The largest absolute Gasteiger partial charge is 0.378 e. The highest BCUT2D eigenvalue weighted by molar-refractivity contribution is 7.16. The molecule has 0 bridgehead atoms. The summed E-state index contributed by atoms with van der Waals surface area (Å²) in [5, 5.41) is 7.80. The van der Waals surface area contributed by atoms with Gasteiger partial charge in [-0.05, 0) is 11.4 Å². The standard InChI is InChI=1S/C19H19N3O2S2/c23-17(20-15-6-11-25-13-15)12-16-18(14-4-2-1-3-5-14)21-19(26-16)22-7-9-24-10-8-22/h1-6,11,13H,7-10,12H2,(H,20,23). The van der Waals surface area contributed by atoms with E-state index in [4.69, 9.17) is 9.72 Å². The number of hydrogen-bond acceptors (Lipinski definition) is 6. The van der Waals surface area contributed by atoms with E-state index in [2.05, 4.69) is 10.2 Å². The zero-order valence-electron chi connectivity index (χ0n) is 14.2. The van der Waals surface area contributed by atoms with Gasteiger partial charge in [0.1, 0.15) is 0 Å². The number of hydrogen-bond donors (Lipinski definition) is 1. The first-order valence-corrected chi connectivity index (χ1v) is 10.3. The van der Waals surface area contributed by atoms with Gasteiger partial charge in [0.25, 0.3) is 0 Å². The first-order chi connectivity index (χ1) is 12.8. The molecule has 7 heteroatoms. The maximum atomic E-state index is 12.5. The lowest BCUT2D eigenvalue weighted by molar-refractivity contribution is -0.115. The lowest BCUT2D eigenvalue weighted by Gasteiger charge is -2.26. The summed E-state index contributed by atoms with van der Waals surface area (Å²) in [6.07, 6.45) is 0.322. The number of nitrogens with one attached hydrogen (secondary N) is 1. The van der Waals surface area contributed by atoms with Crippen LogP contribution >= 0.6 is 22.7 Å². The lowest BCUT2D eigenvalue weighted by Crippen LogP contribution is -2.36. The van der Waals surface area contributed by atoms with Gasteiger partial charge in [-0.25, -0.2) is 4.98 Å². The van der Waals surface area contributed by atoms with Crippen molar-refractivity contribution in [2.24, 2.45) is 0 Å². The molecule has 1 fully saturated rings. The summed E-state index contributed by atoms with van der Waals surface area (Å²) in [6.45, 7) is 3.10. The number of aromatic nitrogens is 1. The molecule has 0 spiro atoms. The van der Waals surface area contributed by atoms with Gasteiger partial charge in [0.05, 0.1) is 31.0 Å². The van der Waals surface area contributed by atoms with Crippen LogP contribution in [0.25, 0.3) is 11.3 Å². The van der Waals surface area contributed by atoms with Crippen LogP contribution in [0.3, 0.4) is 0 Å². The summed E-state index contributed by atoms with van der Waals surface area (Å²) < 4.78 is 5.44. The Balaban J connectivity index is 1.60. The zero-order chi connectivity index (χ0) is 17.8. The van der Waals surface area contributed by atoms with Gasteiger partial charge in [0, 0.05) is 28.9 Å². The molecule has 1 aliphatic heterocycles. The van der Waals surface area contributed by atoms with Crippen LogP contribution in [-0.4, -0.2) is 37.2 Å². The number of anilines is 2. The van der Waals surface area contributed by atoms with E-state index in [-0.39, 0.29) is 5.91 Å². The number of carbonyl (C=O) groups excluding carboxylic acids is 1. The molecule has 0 radical (unpaired) electrons. The summed E-state index contributed by atoms with van der Waals surface area (Å²) in [5.74, 6) is -0.0160. The third-order valence-corrected chi connectivity index (χ3v) is 5.94. The second kappa shape index (κ2) is 7.99. The second-order valence-corrected chi connectivity index (χ2v) is 7.81. The molecular formula is C19H19N3O2S2. The van der Waals surface area contributed by atoms with Gasteiger partial charge >= 0.3 is 0 Å². The first kappa shape index (κ1) is 17.2. The van der Waals surface area contributed by atoms with Crippen LogP contribution in [0.15, 0.2) is 47.2 Å². The van der Waals surface area contributed by atoms with Gasteiger partial charge in [-0.15, -0.1) is 11.3 Å². The minimum Gasteiger partial charge on any atom is -0.378 e. The van der Waals surface area contributed by atoms with E-state index < -0.39 is 0 Å². The molecule has 0 atom stereocenters. The van der Waals surface area contributed by atoms with Gasteiger partial charge in [-0.1, -0.05) is 30.3 Å². The molecule has 4 rings (SSSR count). The number of morpholine rings is 1. The molecule has 134 valence electrons. The minimum absolute atomic E-state index is 0.0160. The maximum absolute atomic E-state index is 12.5. The predicted molar refractivity (Wildman–Crippen MR) is 107 cm³/mol. The Hall–Kier alpha value is -2.22. The van der Waals surface area contributed by atoms with Crippen molar-refractivity contribution in [1.29, 1.82) is 0 Å². The van der Waals surface area contributed by atoms with Crippen molar-refractivity contribution >= 4 is 39.4 Å². The van der Waals surface area contributed by atoms with Crippen molar-refractivity contribution in [2.45, 2.75) is 6.42 Å². The molecule has 5 nitrogen and oxygen atoms in total. The Morgan fingerprint density at radius 3 is 2.73 bits per heavy atom. The maximum Gasteiger partial charge on any atom is 0.229 e. The Labute approximate surface area is 160 Å². The van der Waals surface area contributed by atoms with Gasteiger partial charge in [-0.3, -0.25) is 4.79 Å². The van der Waals surface area contributed by atoms with E-state index in [1.54, 1.807) is 22.7 Å². The molecule has 0 saturated carbocycles. The Bertz CT molecular complexity index is 856. The molecule has 1 N–H and O–H groups in total. The molecule has 0 aliphatic carbocycles. The number of benzene rings is 1. The fourth-order valence-corrected chi connectivity index (χ4v) is 4.58. The van der Waals surface area contributed by atoms with E-state index in [0.29, 0.717) is 19.6 Å². The molecule has 3 heterocycles. The quantitative estimate of drug-likeness (QED) is 0.724. The van der Waals surface area contributed by atoms with E-state index in [1.165, 1.54) is 0 Å². The summed E-state index contributed by atoms with van der Waals surface area (Å²) in [5.41, 5.74) is 2.79. The average molecular weight is 386 g/mol. The fourth-order valence-electron chi connectivity index (χ4n) is 2.86. The third-order valence-electron chi connectivity index (χ3n) is 4.14. The van der Waals surface area contributed by atoms with Gasteiger partial charge in [0.2, 0.25) is 5.91 Å². The van der Waals surface area contributed by atoms with Crippen LogP contribution in [0.5, 0.6) is 0 Å². The number of carbonyl (C=O) groups is 1. The number of thiazole rings is 1. The van der Waals surface area contributed by atoms with Gasteiger partial charge in [0.15, 0.2) is 5.13 Å². The highest BCUT2D eigenvalue weighted by atomic mass is 32.1. The van der Waals surface area contributed by atoms with Crippen LogP contribution in [0.4, 0.5) is 10.8 Å². The molecule has 1 saturated heterocycles. The summed E-state index contributed by atoms with van der Waals surface area (Å²) >= 11 is 3.17. The van der Waals surface area contributed by atoms with E-state index in [1.807, 2.05) is 47.2 Å². The van der Waals surface area contributed by atoms with Crippen molar-refractivity contribution in [3.05, 3.63) is 52.0 Å². The number of amides is 1. The molecule has 0 unspecified atom stereocenters. The Morgan fingerprint density at radius 1 is 1.19 bits per heavy atom. The van der Waals surface area contributed by atoms with Crippen LogP contribution < -0.4 is 10.2 Å². The van der Waals surface area contributed by atoms with Gasteiger partial charge in [-0.2, -0.15) is 11.3 Å². The van der Waals surface area contributed by atoms with Crippen molar-refractivity contribution in [3.63, 3.8) is 0 Å². The topological polar surface area (TPSA) is 54.5 Å².